The molecule has 0 bridgehead atoms. The molecule has 1 fully saturated rings. The van der Waals surface area contributed by atoms with Crippen molar-refractivity contribution in [3.63, 3.8) is 0 Å². The number of piperazine rings is 1. The molecule has 1 aliphatic heterocycles. The minimum atomic E-state index is -0.0701. The molecule has 1 aromatic rings. The molecule has 2 aliphatic rings. The van der Waals surface area contributed by atoms with Gasteiger partial charge in [-0.25, -0.2) is 0 Å². The molecule has 1 heterocycles. The molecule has 1 aliphatic carbocycles. The van der Waals surface area contributed by atoms with Crippen LogP contribution in [0.2, 0.25) is 0 Å². The zero-order valence-electron chi connectivity index (χ0n) is 16.4. The molecule has 1 saturated heterocycles. The van der Waals surface area contributed by atoms with Crippen LogP contribution >= 0.6 is 0 Å². The Kier molecular flexibility index (Phi) is 7.04. The zero-order valence-corrected chi connectivity index (χ0v) is 16.4. The Labute approximate surface area is 162 Å². The van der Waals surface area contributed by atoms with Crippen molar-refractivity contribution in [2.24, 2.45) is 0 Å². The van der Waals surface area contributed by atoms with Gasteiger partial charge in [-0.05, 0) is 51.2 Å². The Morgan fingerprint density at radius 1 is 1.15 bits per heavy atom. The molecule has 1 aromatic carbocycles. The van der Waals surface area contributed by atoms with E-state index in [-0.39, 0.29) is 17.9 Å². The number of hydrogen-bond acceptors (Lipinski definition) is 2. The third-order valence-electron chi connectivity index (χ3n) is 5.85. The van der Waals surface area contributed by atoms with Crippen LogP contribution in [0.15, 0.2) is 42.0 Å². The number of rotatable bonds is 6. The highest BCUT2D eigenvalue weighted by Gasteiger charge is 2.30. The largest absolute Gasteiger partial charge is 0.351 e. The van der Waals surface area contributed by atoms with Crippen molar-refractivity contribution >= 4 is 11.8 Å². The number of nitrogens with one attached hydrogen (secondary N) is 2. The fourth-order valence-electron chi connectivity index (χ4n) is 4.01. The summed E-state index contributed by atoms with van der Waals surface area (Å²) < 4.78 is 0. The summed E-state index contributed by atoms with van der Waals surface area (Å²) in [6, 6.07) is 9.36. The van der Waals surface area contributed by atoms with E-state index in [1.54, 1.807) is 0 Å². The summed E-state index contributed by atoms with van der Waals surface area (Å²) in [5.74, 6) is 0.219. The van der Waals surface area contributed by atoms with Gasteiger partial charge in [-0.2, -0.15) is 0 Å². The predicted molar refractivity (Wildman–Crippen MR) is 107 cm³/mol. The fraction of sp³-hybridized carbons (Fsp3) is 0.545. The summed E-state index contributed by atoms with van der Waals surface area (Å²) in [5, 5.41) is 3.11. The average molecular weight is 371 g/mol. The smallest absolute Gasteiger partial charge is 0.278 e. The normalized spacial score (nSPS) is 19.3. The first kappa shape index (κ1) is 19.6. The van der Waals surface area contributed by atoms with Gasteiger partial charge in [0, 0.05) is 12.1 Å². The van der Waals surface area contributed by atoms with Crippen molar-refractivity contribution in [3.05, 3.63) is 47.5 Å². The fourth-order valence-corrected chi connectivity index (χ4v) is 4.01. The number of carbonyl (C=O) groups is 2. The first-order chi connectivity index (χ1) is 13.1. The molecule has 0 radical (unpaired) electrons. The van der Waals surface area contributed by atoms with Crippen LogP contribution in [0.4, 0.5) is 0 Å². The number of quaternary nitrogens is 1. The van der Waals surface area contributed by atoms with Crippen LogP contribution in [0.25, 0.3) is 0 Å². The Balaban J connectivity index is 1.41. The summed E-state index contributed by atoms with van der Waals surface area (Å²) in [5.41, 5.74) is 2.23. The van der Waals surface area contributed by atoms with Crippen LogP contribution in [0.5, 0.6) is 0 Å². The van der Waals surface area contributed by atoms with Gasteiger partial charge in [-0.15, -0.1) is 0 Å². The second-order valence-electron chi connectivity index (χ2n) is 7.69. The van der Waals surface area contributed by atoms with E-state index < -0.39 is 0 Å². The number of amides is 2. The van der Waals surface area contributed by atoms with Gasteiger partial charge in [-0.1, -0.05) is 29.8 Å². The second-order valence-corrected chi connectivity index (χ2v) is 7.69. The third kappa shape index (κ3) is 5.42. The maximum atomic E-state index is 12.5. The molecular formula is C22H32N3O2+. The van der Waals surface area contributed by atoms with Gasteiger partial charge in [0.15, 0.2) is 6.04 Å². The van der Waals surface area contributed by atoms with Gasteiger partial charge < -0.3 is 15.1 Å². The van der Waals surface area contributed by atoms with Crippen LogP contribution in [0, 0.1) is 0 Å². The van der Waals surface area contributed by atoms with Gasteiger partial charge in [0.2, 0.25) is 0 Å². The van der Waals surface area contributed by atoms with E-state index in [0.29, 0.717) is 13.1 Å². The maximum Gasteiger partial charge on any atom is 0.278 e. The second kappa shape index (κ2) is 9.70. The van der Waals surface area contributed by atoms with E-state index in [0.717, 1.165) is 31.6 Å². The van der Waals surface area contributed by atoms with Gasteiger partial charge in [0.05, 0.1) is 26.2 Å². The van der Waals surface area contributed by atoms with Crippen molar-refractivity contribution in [1.82, 2.24) is 10.2 Å². The number of benzene rings is 1. The Morgan fingerprint density at radius 2 is 1.89 bits per heavy atom. The molecule has 0 spiro atoms. The minimum Gasteiger partial charge on any atom is -0.351 e. The van der Waals surface area contributed by atoms with Crippen molar-refractivity contribution in [1.29, 1.82) is 0 Å². The maximum absolute atomic E-state index is 12.5. The molecule has 2 amide bonds. The van der Waals surface area contributed by atoms with E-state index in [9.17, 15) is 9.59 Å². The SMILES string of the molecule is C[C@H](C(=O)NCCC1=CCCCC1)[NH+]1CCN(C(=O)c2ccccc2)CC1. The lowest BCUT2D eigenvalue weighted by molar-refractivity contribution is -0.917. The van der Waals surface area contributed by atoms with Gasteiger partial charge >= 0.3 is 0 Å². The van der Waals surface area contributed by atoms with E-state index in [4.69, 9.17) is 0 Å². The van der Waals surface area contributed by atoms with E-state index in [1.165, 1.54) is 36.2 Å². The lowest BCUT2D eigenvalue weighted by Crippen LogP contribution is -3.19. The average Bonchev–Trinajstić information content (AvgIpc) is 2.74. The van der Waals surface area contributed by atoms with Crippen LogP contribution in [-0.2, 0) is 4.79 Å². The number of allylic oxidation sites excluding steroid dienone is 1. The van der Waals surface area contributed by atoms with Gasteiger partial charge in [-0.3, -0.25) is 9.59 Å². The number of hydrogen-bond donors (Lipinski definition) is 2. The lowest BCUT2D eigenvalue weighted by Gasteiger charge is -2.34. The highest BCUT2D eigenvalue weighted by molar-refractivity contribution is 5.94. The van der Waals surface area contributed by atoms with E-state index in [2.05, 4.69) is 11.4 Å². The molecule has 0 saturated carbocycles. The van der Waals surface area contributed by atoms with Crippen molar-refractivity contribution in [2.75, 3.05) is 32.7 Å². The van der Waals surface area contributed by atoms with E-state index in [1.807, 2.05) is 42.2 Å². The minimum absolute atomic E-state index is 0.0701. The van der Waals surface area contributed by atoms with Crippen molar-refractivity contribution in [3.8, 4) is 0 Å². The molecule has 3 rings (SSSR count). The summed E-state index contributed by atoms with van der Waals surface area (Å²) in [4.78, 5) is 28.2. The van der Waals surface area contributed by atoms with E-state index >= 15 is 0 Å². The lowest BCUT2D eigenvalue weighted by atomic mass is 9.97. The Hall–Kier alpha value is -2.14. The molecule has 5 nitrogen and oxygen atoms in total. The zero-order chi connectivity index (χ0) is 19.1. The van der Waals surface area contributed by atoms with Crippen molar-refractivity contribution in [2.45, 2.75) is 45.1 Å². The molecule has 0 aromatic heterocycles. The molecule has 2 N–H and O–H groups in total. The molecule has 27 heavy (non-hydrogen) atoms. The molecule has 5 heteroatoms. The summed E-state index contributed by atoms with van der Waals surface area (Å²) >= 11 is 0. The van der Waals surface area contributed by atoms with Gasteiger partial charge in [0.1, 0.15) is 0 Å². The van der Waals surface area contributed by atoms with Crippen LogP contribution in [0.1, 0.15) is 49.4 Å². The van der Waals surface area contributed by atoms with Crippen molar-refractivity contribution < 1.29 is 14.5 Å². The highest BCUT2D eigenvalue weighted by Crippen LogP contribution is 2.19. The number of carbonyl (C=O) groups excluding carboxylic acids is 2. The molecule has 146 valence electrons. The third-order valence-corrected chi connectivity index (χ3v) is 5.85. The highest BCUT2D eigenvalue weighted by atomic mass is 16.2. The van der Waals surface area contributed by atoms with Crippen LogP contribution in [-0.4, -0.2) is 55.5 Å². The predicted octanol–water partition coefficient (Wildman–Crippen LogP) is 1.42. The topological polar surface area (TPSA) is 53.9 Å². The molecule has 0 unspecified atom stereocenters. The molecular weight excluding hydrogens is 338 g/mol. The van der Waals surface area contributed by atoms with Crippen LogP contribution < -0.4 is 10.2 Å². The Bertz CT molecular complexity index is 663. The summed E-state index contributed by atoms with van der Waals surface area (Å²) in [6.07, 6.45) is 8.28. The van der Waals surface area contributed by atoms with Gasteiger partial charge in [0.25, 0.3) is 11.8 Å². The standard InChI is InChI=1S/C22H31N3O2/c1-18(21(26)23-13-12-19-8-4-2-5-9-19)24-14-16-25(17-15-24)22(27)20-10-6-3-7-11-20/h3,6-8,10-11,18H,2,4-5,9,12-17H2,1H3,(H,23,26)/p+1/t18-/m1/s1. The monoisotopic (exact) mass is 370 g/mol. The quantitative estimate of drug-likeness (QED) is 0.744. The van der Waals surface area contributed by atoms with Crippen LogP contribution in [0.3, 0.4) is 0 Å². The summed E-state index contributed by atoms with van der Waals surface area (Å²) in [6.45, 7) is 5.78. The number of nitrogens with zero attached hydrogens (tertiary/aromatic N) is 1. The summed E-state index contributed by atoms with van der Waals surface area (Å²) in [7, 11) is 0. The first-order valence-electron chi connectivity index (χ1n) is 10.3. The first-order valence-corrected chi connectivity index (χ1v) is 10.3. The molecule has 1 atom stereocenters. The Morgan fingerprint density at radius 3 is 2.56 bits per heavy atom.